The second-order valence-corrected chi connectivity index (χ2v) is 4.86. The standard InChI is InChI=1S/C11H14O4/c1-6(12)11(7(2)13)4-8-9(14)15-10(8,3)5-11/h8H,4-5H2,1-3H3/t8-,10-/m1/s1. The van der Waals surface area contributed by atoms with Gasteiger partial charge in [0.2, 0.25) is 0 Å². The highest BCUT2D eigenvalue weighted by Gasteiger charge is 2.67. The first-order valence-corrected chi connectivity index (χ1v) is 5.07. The summed E-state index contributed by atoms with van der Waals surface area (Å²) in [4.78, 5) is 34.4. The van der Waals surface area contributed by atoms with Crippen molar-refractivity contribution in [2.75, 3.05) is 0 Å². The van der Waals surface area contributed by atoms with Crippen LogP contribution < -0.4 is 0 Å². The molecule has 0 aromatic carbocycles. The van der Waals surface area contributed by atoms with Crippen LogP contribution in [-0.2, 0) is 19.1 Å². The Labute approximate surface area is 88.0 Å². The maximum Gasteiger partial charge on any atom is 0.313 e. The zero-order valence-corrected chi connectivity index (χ0v) is 9.12. The van der Waals surface area contributed by atoms with Gasteiger partial charge in [-0.15, -0.1) is 0 Å². The Hall–Kier alpha value is -1.19. The van der Waals surface area contributed by atoms with E-state index in [1.165, 1.54) is 13.8 Å². The monoisotopic (exact) mass is 210 g/mol. The van der Waals surface area contributed by atoms with Crippen LogP contribution in [0.5, 0.6) is 0 Å². The smallest absolute Gasteiger partial charge is 0.313 e. The summed E-state index contributed by atoms with van der Waals surface area (Å²) in [6, 6.07) is 0. The first kappa shape index (κ1) is 10.3. The van der Waals surface area contributed by atoms with Gasteiger partial charge >= 0.3 is 5.97 Å². The van der Waals surface area contributed by atoms with Crippen LogP contribution in [0.3, 0.4) is 0 Å². The predicted octanol–water partition coefficient (Wildman–Crippen LogP) is 0.876. The molecule has 0 N–H and O–H groups in total. The number of ketones is 2. The van der Waals surface area contributed by atoms with Crippen molar-refractivity contribution in [2.45, 2.75) is 39.2 Å². The minimum absolute atomic E-state index is 0.151. The molecule has 1 aliphatic carbocycles. The van der Waals surface area contributed by atoms with Crippen LogP contribution in [0.1, 0.15) is 33.6 Å². The molecule has 2 fully saturated rings. The van der Waals surface area contributed by atoms with E-state index in [1.807, 2.05) is 0 Å². The van der Waals surface area contributed by atoms with Gasteiger partial charge < -0.3 is 4.74 Å². The normalized spacial score (nSPS) is 36.5. The molecule has 82 valence electrons. The SMILES string of the molecule is CC(=O)C1(C(C)=O)C[C@@H]2C(=O)O[C@]2(C)C1. The summed E-state index contributed by atoms with van der Waals surface area (Å²) >= 11 is 0. The minimum Gasteiger partial charge on any atom is -0.458 e. The number of carbonyl (C=O) groups is 3. The van der Waals surface area contributed by atoms with Gasteiger partial charge in [0.15, 0.2) is 0 Å². The van der Waals surface area contributed by atoms with E-state index < -0.39 is 11.0 Å². The van der Waals surface area contributed by atoms with Crippen LogP contribution >= 0.6 is 0 Å². The van der Waals surface area contributed by atoms with Gasteiger partial charge in [-0.25, -0.2) is 0 Å². The lowest BCUT2D eigenvalue weighted by atomic mass is 9.77. The molecule has 2 aliphatic rings. The zero-order chi connectivity index (χ0) is 11.4. The lowest BCUT2D eigenvalue weighted by molar-refractivity contribution is -0.202. The number of fused-ring (bicyclic) bond motifs is 1. The fourth-order valence-corrected chi connectivity index (χ4v) is 2.83. The van der Waals surface area contributed by atoms with Gasteiger partial charge in [0.1, 0.15) is 17.2 Å². The van der Waals surface area contributed by atoms with E-state index in [-0.39, 0.29) is 23.5 Å². The van der Waals surface area contributed by atoms with E-state index in [0.717, 1.165) is 0 Å². The average molecular weight is 210 g/mol. The Kier molecular flexibility index (Phi) is 1.85. The molecular formula is C11H14O4. The van der Waals surface area contributed by atoms with Crippen LogP contribution in [-0.4, -0.2) is 23.1 Å². The summed E-state index contributed by atoms with van der Waals surface area (Å²) in [5, 5.41) is 0. The lowest BCUT2D eigenvalue weighted by Crippen LogP contribution is -2.51. The highest BCUT2D eigenvalue weighted by molar-refractivity contribution is 6.06. The second kappa shape index (κ2) is 2.68. The molecule has 4 heteroatoms. The number of carbonyl (C=O) groups excluding carboxylic acids is 3. The van der Waals surface area contributed by atoms with E-state index in [4.69, 9.17) is 4.74 Å². The molecule has 1 saturated heterocycles. The molecule has 2 rings (SSSR count). The Morgan fingerprint density at radius 1 is 1.33 bits per heavy atom. The van der Waals surface area contributed by atoms with E-state index in [1.54, 1.807) is 6.92 Å². The van der Waals surface area contributed by atoms with Crippen LogP contribution in [0, 0.1) is 11.3 Å². The van der Waals surface area contributed by atoms with Crippen molar-refractivity contribution >= 4 is 17.5 Å². The highest BCUT2D eigenvalue weighted by atomic mass is 16.6. The molecule has 1 heterocycles. The van der Waals surface area contributed by atoms with Crippen LogP contribution in [0.25, 0.3) is 0 Å². The minimum atomic E-state index is -0.981. The first-order chi connectivity index (χ1) is 6.82. The molecule has 0 aromatic heterocycles. The summed E-state index contributed by atoms with van der Waals surface area (Å²) in [5.74, 6) is -0.851. The number of Topliss-reactive ketones (excluding diaryl/α,β-unsaturated/α-hetero) is 2. The maximum absolute atomic E-state index is 11.6. The van der Waals surface area contributed by atoms with Crippen molar-refractivity contribution in [3.63, 3.8) is 0 Å². The molecule has 1 aliphatic heterocycles. The van der Waals surface area contributed by atoms with E-state index >= 15 is 0 Å². The fraction of sp³-hybridized carbons (Fsp3) is 0.727. The largest absolute Gasteiger partial charge is 0.458 e. The number of hydrogen-bond acceptors (Lipinski definition) is 4. The molecule has 2 atom stereocenters. The molecule has 0 spiro atoms. The van der Waals surface area contributed by atoms with E-state index in [9.17, 15) is 14.4 Å². The number of rotatable bonds is 2. The predicted molar refractivity (Wildman–Crippen MR) is 51.0 cm³/mol. The summed E-state index contributed by atoms with van der Waals surface area (Å²) in [6.45, 7) is 4.63. The third-order valence-corrected chi connectivity index (χ3v) is 3.91. The molecule has 4 nitrogen and oxygen atoms in total. The van der Waals surface area contributed by atoms with E-state index in [2.05, 4.69) is 0 Å². The van der Waals surface area contributed by atoms with Crippen molar-refractivity contribution in [3.05, 3.63) is 0 Å². The summed E-state index contributed by atoms with van der Waals surface area (Å²) in [5.41, 5.74) is -1.57. The topological polar surface area (TPSA) is 60.4 Å². The molecule has 1 saturated carbocycles. The van der Waals surface area contributed by atoms with Crippen molar-refractivity contribution in [2.24, 2.45) is 11.3 Å². The van der Waals surface area contributed by atoms with Crippen molar-refractivity contribution in [1.29, 1.82) is 0 Å². The van der Waals surface area contributed by atoms with Gasteiger partial charge in [-0.2, -0.15) is 0 Å². The number of ether oxygens (including phenoxy) is 1. The van der Waals surface area contributed by atoms with Crippen LogP contribution in [0.2, 0.25) is 0 Å². The Morgan fingerprint density at radius 2 is 1.87 bits per heavy atom. The number of hydrogen-bond donors (Lipinski definition) is 0. The molecule has 0 unspecified atom stereocenters. The van der Waals surface area contributed by atoms with Crippen molar-refractivity contribution in [3.8, 4) is 0 Å². The summed E-state index contributed by atoms with van der Waals surface area (Å²) in [6.07, 6.45) is 0.675. The molecule has 0 bridgehead atoms. The van der Waals surface area contributed by atoms with Gasteiger partial charge in [-0.05, 0) is 27.2 Å². The van der Waals surface area contributed by atoms with Gasteiger partial charge in [-0.1, -0.05) is 0 Å². The highest BCUT2D eigenvalue weighted by Crippen LogP contribution is 2.56. The van der Waals surface area contributed by atoms with Gasteiger partial charge in [0.05, 0.1) is 11.3 Å². The van der Waals surface area contributed by atoms with E-state index in [0.29, 0.717) is 12.8 Å². The summed E-state index contributed by atoms with van der Waals surface area (Å²) in [7, 11) is 0. The molecule has 0 amide bonds. The Morgan fingerprint density at radius 3 is 2.20 bits per heavy atom. The number of esters is 1. The first-order valence-electron chi connectivity index (χ1n) is 5.07. The molecule has 0 radical (unpaired) electrons. The molecule has 15 heavy (non-hydrogen) atoms. The summed E-state index contributed by atoms with van der Waals surface area (Å²) < 4.78 is 5.06. The van der Waals surface area contributed by atoms with Gasteiger partial charge in [-0.3, -0.25) is 14.4 Å². The zero-order valence-electron chi connectivity index (χ0n) is 9.12. The quantitative estimate of drug-likeness (QED) is 0.501. The van der Waals surface area contributed by atoms with Crippen LogP contribution in [0.4, 0.5) is 0 Å². The van der Waals surface area contributed by atoms with Gasteiger partial charge in [0, 0.05) is 6.42 Å². The Bertz CT molecular complexity index is 357. The average Bonchev–Trinajstić information content (AvgIpc) is 2.35. The second-order valence-electron chi connectivity index (χ2n) is 4.86. The molecular weight excluding hydrogens is 196 g/mol. The van der Waals surface area contributed by atoms with Crippen LogP contribution in [0.15, 0.2) is 0 Å². The third kappa shape index (κ3) is 1.10. The third-order valence-electron chi connectivity index (χ3n) is 3.91. The Balaban J connectivity index is 2.37. The lowest BCUT2D eigenvalue weighted by Gasteiger charge is -2.40. The fourth-order valence-electron chi connectivity index (χ4n) is 2.83. The van der Waals surface area contributed by atoms with Crippen molar-refractivity contribution < 1.29 is 19.1 Å². The molecule has 0 aromatic rings. The van der Waals surface area contributed by atoms with Gasteiger partial charge in [0.25, 0.3) is 0 Å². The maximum atomic E-state index is 11.6. The van der Waals surface area contributed by atoms with Crippen molar-refractivity contribution in [1.82, 2.24) is 0 Å².